The molecule has 3 N–H and O–H groups in total. The molecule has 4 atom stereocenters. The summed E-state index contributed by atoms with van der Waals surface area (Å²) in [6, 6.07) is 23.5. The van der Waals surface area contributed by atoms with Crippen LogP contribution in [0.2, 0.25) is 0 Å². The number of aliphatic hydroxyl groups is 1. The highest BCUT2D eigenvalue weighted by Gasteiger charge is 2.32. The number of benzene rings is 4. The van der Waals surface area contributed by atoms with E-state index in [1.54, 1.807) is 42.2 Å². The number of anilines is 2. The smallest absolute Gasteiger partial charge is 0.323 e. The monoisotopic (exact) mass is 746 g/mol. The number of nitrogens with zero attached hydrogens (tertiary/aromatic N) is 2. The summed E-state index contributed by atoms with van der Waals surface area (Å²) in [6.07, 6.45) is 1.39. The molecule has 0 bridgehead atoms. The number of hydrogen-bond donors (Lipinski definition) is 3. The van der Waals surface area contributed by atoms with E-state index in [4.69, 9.17) is 14.2 Å². The van der Waals surface area contributed by atoms with Gasteiger partial charge in [0.15, 0.2) is 0 Å². The largest absolute Gasteiger partial charge is 0.497 e. The number of nitrogens with one attached hydrogen (secondary N) is 2. The van der Waals surface area contributed by atoms with E-state index in [0.29, 0.717) is 35.9 Å². The number of aliphatic hydroxyl groups excluding tert-OH is 1. The zero-order chi connectivity index (χ0) is 38.1. The molecule has 53 heavy (non-hydrogen) atoms. The molecule has 284 valence electrons. The van der Waals surface area contributed by atoms with Crippen molar-refractivity contribution in [3.05, 3.63) is 90.5 Å². The minimum absolute atomic E-state index is 0.0427. The molecule has 0 saturated carbocycles. The van der Waals surface area contributed by atoms with Gasteiger partial charge in [0.25, 0.3) is 5.91 Å². The first-order chi connectivity index (χ1) is 25.4. The number of hydrogen-bond acceptors (Lipinski definition) is 8. The lowest BCUT2D eigenvalue weighted by Gasteiger charge is -2.35. The maximum Gasteiger partial charge on any atom is 0.323 e. The standard InChI is InChI=1S/C40H50N4O8S/c1-27-24-44(28(2)26-45)39(46)35-23-31(41-40(47)42-36-15-10-13-30-12-6-7-14-34(30)36)16-21-37(35)52-29(3)11-8-9-22-51-38(27)25-43(4)53(48,49)33-19-17-32(50-5)18-20-33/h6-7,10,12-21,23,27-29,38,45H,8-9,11,22,24-26H2,1-5H3,(H2,41,42,47)/t27-,28-,29+,38+/m1/s1. The Balaban J connectivity index is 1.41. The number of carbonyl (C=O) groups is 2. The molecule has 5 rings (SSSR count). The normalized spacial score (nSPS) is 19.5. The van der Waals surface area contributed by atoms with Gasteiger partial charge in [-0.1, -0.05) is 43.3 Å². The van der Waals surface area contributed by atoms with Crippen LogP contribution in [-0.2, 0) is 14.8 Å². The Hall–Kier alpha value is -4.69. The van der Waals surface area contributed by atoms with Crippen molar-refractivity contribution >= 4 is 44.1 Å². The van der Waals surface area contributed by atoms with Crippen LogP contribution in [0.1, 0.15) is 50.4 Å². The van der Waals surface area contributed by atoms with Crippen LogP contribution in [0.3, 0.4) is 0 Å². The van der Waals surface area contributed by atoms with Crippen molar-refractivity contribution < 1.29 is 37.3 Å². The molecule has 0 radical (unpaired) electrons. The molecule has 12 nitrogen and oxygen atoms in total. The van der Waals surface area contributed by atoms with Crippen LogP contribution in [0, 0.1) is 5.92 Å². The molecule has 1 aliphatic rings. The third-order valence-corrected chi connectivity index (χ3v) is 11.4. The van der Waals surface area contributed by atoms with Crippen LogP contribution < -0.4 is 20.1 Å². The Bertz CT molecular complexity index is 1970. The van der Waals surface area contributed by atoms with Gasteiger partial charge in [-0.05, 0) is 87.0 Å². The lowest BCUT2D eigenvalue weighted by molar-refractivity contribution is -0.00834. The Morgan fingerprint density at radius 2 is 1.75 bits per heavy atom. The van der Waals surface area contributed by atoms with Crippen LogP contribution in [-0.4, -0.2) is 93.4 Å². The lowest BCUT2D eigenvalue weighted by Crippen LogP contribution is -2.48. The second kappa shape index (κ2) is 17.9. The Labute approximate surface area is 312 Å². The van der Waals surface area contributed by atoms with Gasteiger partial charge in [0.2, 0.25) is 10.0 Å². The van der Waals surface area contributed by atoms with Gasteiger partial charge in [-0.15, -0.1) is 0 Å². The van der Waals surface area contributed by atoms with Crippen molar-refractivity contribution in [1.29, 1.82) is 0 Å². The Morgan fingerprint density at radius 1 is 1.02 bits per heavy atom. The number of carbonyl (C=O) groups excluding carboxylic acids is 2. The van der Waals surface area contributed by atoms with Crippen LogP contribution >= 0.6 is 0 Å². The van der Waals surface area contributed by atoms with Crippen molar-refractivity contribution in [3.8, 4) is 11.5 Å². The second-order valence-electron chi connectivity index (χ2n) is 13.6. The predicted octanol–water partition coefficient (Wildman–Crippen LogP) is 6.61. The van der Waals surface area contributed by atoms with E-state index in [-0.39, 0.29) is 42.2 Å². The van der Waals surface area contributed by atoms with Crippen molar-refractivity contribution in [1.82, 2.24) is 9.21 Å². The number of likely N-dealkylation sites (N-methyl/N-ethyl adjacent to an activating group) is 1. The molecule has 0 unspecified atom stereocenters. The number of sulfonamides is 1. The predicted molar refractivity (Wildman–Crippen MR) is 206 cm³/mol. The maximum absolute atomic E-state index is 14.5. The quantitative estimate of drug-likeness (QED) is 0.174. The molecule has 0 saturated heterocycles. The highest BCUT2D eigenvalue weighted by molar-refractivity contribution is 7.89. The van der Waals surface area contributed by atoms with Crippen molar-refractivity contribution in [2.45, 2.75) is 63.2 Å². The molecule has 0 aromatic heterocycles. The molecule has 4 aromatic carbocycles. The summed E-state index contributed by atoms with van der Waals surface area (Å²) >= 11 is 0. The van der Waals surface area contributed by atoms with Crippen LogP contribution in [0.4, 0.5) is 16.2 Å². The number of rotatable bonds is 9. The van der Waals surface area contributed by atoms with Crippen molar-refractivity contribution in [2.24, 2.45) is 5.92 Å². The van der Waals surface area contributed by atoms with Gasteiger partial charge < -0.3 is 34.9 Å². The molecule has 0 fully saturated rings. The van der Waals surface area contributed by atoms with Gasteiger partial charge in [0.05, 0.1) is 48.1 Å². The van der Waals surface area contributed by atoms with Crippen molar-refractivity contribution in [2.75, 3.05) is 51.1 Å². The van der Waals surface area contributed by atoms with E-state index in [0.717, 1.165) is 23.6 Å². The highest BCUT2D eigenvalue weighted by atomic mass is 32.2. The lowest BCUT2D eigenvalue weighted by atomic mass is 10.0. The zero-order valence-electron chi connectivity index (χ0n) is 30.9. The summed E-state index contributed by atoms with van der Waals surface area (Å²) in [5.41, 5.74) is 1.24. The van der Waals surface area contributed by atoms with Crippen LogP contribution in [0.5, 0.6) is 11.5 Å². The topological polar surface area (TPSA) is 147 Å². The fourth-order valence-electron chi connectivity index (χ4n) is 6.36. The minimum atomic E-state index is -3.87. The second-order valence-corrected chi connectivity index (χ2v) is 15.6. The van der Waals surface area contributed by atoms with E-state index in [2.05, 4.69) is 10.6 Å². The van der Waals surface area contributed by atoms with Crippen molar-refractivity contribution in [3.63, 3.8) is 0 Å². The number of fused-ring (bicyclic) bond motifs is 2. The molecular weight excluding hydrogens is 697 g/mol. The van der Waals surface area contributed by atoms with Gasteiger partial charge in [0.1, 0.15) is 11.5 Å². The number of ether oxygens (including phenoxy) is 3. The number of urea groups is 1. The SMILES string of the molecule is COc1ccc(S(=O)(=O)N(C)C[C@@H]2OCCCC[C@H](C)Oc3ccc(NC(=O)Nc4cccc5ccccc45)cc3C(=O)N([C@H](C)CO)C[C@H]2C)cc1. The molecule has 4 aromatic rings. The van der Waals surface area contributed by atoms with E-state index in [1.807, 2.05) is 56.3 Å². The zero-order valence-corrected chi connectivity index (χ0v) is 31.8. The first kappa shape index (κ1) is 39.5. The molecular formula is C40H50N4O8S. The summed E-state index contributed by atoms with van der Waals surface area (Å²) < 4.78 is 46.3. The van der Waals surface area contributed by atoms with Crippen LogP contribution in [0.25, 0.3) is 10.8 Å². The molecule has 0 aliphatic carbocycles. The average molecular weight is 747 g/mol. The molecule has 3 amide bonds. The number of methoxy groups -OCH3 is 1. The molecule has 0 spiro atoms. The summed E-state index contributed by atoms with van der Waals surface area (Å²) in [5.74, 6) is 0.153. The summed E-state index contributed by atoms with van der Waals surface area (Å²) in [4.78, 5) is 29.4. The van der Waals surface area contributed by atoms with E-state index >= 15 is 0 Å². The highest BCUT2D eigenvalue weighted by Crippen LogP contribution is 2.30. The Kier molecular flexibility index (Phi) is 13.3. The average Bonchev–Trinajstić information content (AvgIpc) is 3.16. The van der Waals surface area contributed by atoms with Gasteiger partial charge in [-0.3, -0.25) is 4.79 Å². The Morgan fingerprint density at radius 3 is 2.49 bits per heavy atom. The molecule has 1 aliphatic heterocycles. The fraction of sp³-hybridized carbons (Fsp3) is 0.400. The first-order valence-electron chi connectivity index (χ1n) is 17.9. The van der Waals surface area contributed by atoms with Gasteiger partial charge in [-0.2, -0.15) is 4.31 Å². The number of amides is 3. The van der Waals surface area contributed by atoms with Crippen LogP contribution in [0.15, 0.2) is 89.8 Å². The summed E-state index contributed by atoms with van der Waals surface area (Å²) in [5, 5.41) is 17.9. The van der Waals surface area contributed by atoms with Gasteiger partial charge in [0, 0.05) is 43.7 Å². The molecule has 13 heteroatoms. The summed E-state index contributed by atoms with van der Waals surface area (Å²) in [7, 11) is -0.834. The van der Waals surface area contributed by atoms with E-state index in [1.165, 1.54) is 30.6 Å². The van der Waals surface area contributed by atoms with Gasteiger partial charge in [-0.25, -0.2) is 13.2 Å². The summed E-state index contributed by atoms with van der Waals surface area (Å²) in [6.45, 7) is 5.86. The van der Waals surface area contributed by atoms with E-state index in [9.17, 15) is 23.1 Å². The minimum Gasteiger partial charge on any atom is -0.497 e. The maximum atomic E-state index is 14.5. The molecule has 1 heterocycles. The fourth-order valence-corrected chi connectivity index (χ4v) is 7.54. The third kappa shape index (κ3) is 9.85. The first-order valence-corrected chi connectivity index (χ1v) is 19.4. The van der Waals surface area contributed by atoms with Gasteiger partial charge >= 0.3 is 6.03 Å². The third-order valence-electron chi connectivity index (χ3n) is 9.55. The van der Waals surface area contributed by atoms with E-state index < -0.39 is 34.1 Å².